The zero-order chi connectivity index (χ0) is 24.2. The highest BCUT2D eigenvalue weighted by molar-refractivity contribution is 7.25. The lowest BCUT2D eigenvalue weighted by Crippen LogP contribution is -2.04. The molecule has 172 valence electrons. The van der Waals surface area contributed by atoms with Gasteiger partial charge in [0, 0.05) is 48.4 Å². The molecule has 3 nitrogen and oxygen atoms in total. The van der Waals surface area contributed by atoms with Crippen LogP contribution < -0.4 is 0 Å². The molecule has 0 aliphatic carbocycles. The molecule has 7 aromatic rings. The number of benzene rings is 4. The Morgan fingerprint density at radius 3 is 2.08 bits per heavy atom. The summed E-state index contributed by atoms with van der Waals surface area (Å²) in [6, 6.07) is 36.1. The summed E-state index contributed by atoms with van der Waals surface area (Å²) in [4.78, 5) is 10.1. The number of rotatable bonds is 3. The Kier molecular flexibility index (Phi) is 4.76. The number of thiophene rings is 1. The Bertz CT molecular complexity index is 1840. The molecule has 3 aromatic heterocycles. The van der Waals surface area contributed by atoms with E-state index in [0.29, 0.717) is 0 Å². The Labute approximate surface area is 213 Å². The Morgan fingerprint density at radius 2 is 1.31 bits per heavy atom. The molecule has 4 aromatic carbocycles. The van der Waals surface area contributed by atoms with Crippen LogP contribution in [0.1, 0.15) is 11.3 Å². The molecule has 0 bridgehead atoms. The Morgan fingerprint density at radius 1 is 0.611 bits per heavy atom. The number of nitrogens with zero attached hydrogens (tertiary/aromatic N) is 3. The summed E-state index contributed by atoms with van der Waals surface area (Å²) in [5.74, 6) is 1.62. The van der Waals surface area contributed by atoms with E-state index in [1.807, 2.05) is 35.6 Å². The number of hydrogen-bond donors (Lipinski definition) is 0. The highest BCUT2D eigenvalue weighted by Crippen LogP contribution is 2.39. The lowest BCUT2D eigenvalue weighted by Gasteiger charge is -2.12. The highest BCUT2D eigenvalue weighted by atomic mass is 32.1. The van der Waals surface area contributed by atoms with Crippen LogP contribution in [0.25, 0.3) is 59.5 Å². The molecule has 0 atom stereocenters. The third kappa shape index (κ3) is 3.26. The summed E-state index contributed by atoms with van der Waals surface area (Å²) in [7, 11) is 0. The van der Waals surface area contributed by atoms with E-state index >= 15 is 0 Å². The molecule has 0 fully saturated rings. The number of aromatic nitrogens is 3. The Hall–Kier alpha value is -4.28. The van der Waals surface area contributed by atoms with Crippen LogP contribution in [0.15, 0.2) is 103 Å². The van der Waals surface area contributed by atoms with Gasteiger partial charge in [-0.1, -0.05) is 78.9 Å². The summed E-state index contributed by atoms with van der Waals surface area (Å²) in [5, 5.41) is 3.87. The Balaban J connectivity index is 1.54. The summed E-state index contributed by atoms with van der Waals surface area (Å²) in [6.07, 6.45) is 0. The topological polar surface area (TPSA) is 30.7 Å². The van der Waals surface area contributed by atoms with Gasteiger partial charge >= 0.3 is 0 Å². The molecule has 7 rings (SSSR count). The van der Waals surface area contributed by atoms with Gasteiger partial charge in [-0.05, 0) is 37.6 Å². The first-order chi connectivity index (χ1) is 17.7. The van der Waals surface area contributed by atoms with Crippen LogP contribution in [-0.4, -0.2) is 14.5 Å². The first-order valence-corrected chi connectivity index (χ1v) is 12.9. The predicted octanol–water partition coefficient (Wildman–Crippen LogP) is 8.74. The molecule has 4 heteroatoms. The SMILES string of the molecule is Cc1c(C)n(-c2cc(-c3ccccc3)nc(-c3ccccc3)n2)c2cc3c(cc12)sc1ccccc13. The van der Waals surface area contributed by atoms with Gasteiger partial charge in [-0.2, -0.15) is 0 Å². The molecule has 3 heterocycles. The summed E-state index contributed by atoms with van der Waals surface area (Å²) >= 11 is 1.86. The van der Waals surface area contributed by atoms with Crippen molar-refractivity contribution in [1.82, 2.24) is 14.5 Å². The molecule has 0 aliphatic rings. The zero-order valence-electron chi connectivity index (χ0n) is 20.1. The van der Waals surface area contributed by atoms with E-state index in [-0.39, 0.29) is 0 Å². The van der Waals surface area contributed by atoms with Crippen molar-refractivity contribution in [1.29, 1.82) is 0 Å². The van der Waals surface area contributed by atoms with Gasteiger partial charge in [-0.3, -0.25) is 4.57 Å². The summed E-state index contributed by atoms with van der Waals surface area (Å²) < 4.78 is 4.94. The maximum atomic E-state index is 5.11. The lowest BCUT2D eigenvalue weighted by atomic mass is 10.1. The smallest absolute Gasteiger partial charge is 0.162 e. The highest BCUT2D eigenvalue weighted by Gasteiger charge is 2.18. The minimum atomic E-state index is 0.730. The molecule has 0 N–H and O–H groups in total. The number of hydrogen-bond acceptors (Lipinski definition) is 3. The largest absolute Gasteiger partial charge is 0.298 e. The first-order valence-electron chi connectivity index (χ1n) is 12.1. The third-order valence-corrected chi connectivity index (χ3v) is 8.19. The average molecular weight is 482 g/mol. The van der Waals surface area contributed by atoms with E-state index in [4.69, 9.17) is 9.97 Å². The quantitative estimate of drug-likeness (QED) is 0.253. The van der Waals surface area contributed by atoms with Crippen molar-refractivity contribution in [3.05, 3.63) is 114 Å². The molecule has 0 unspecified atom stereocenters. The van der Waals surface area contributed by atoms with Crippen molar-refractivity contribution in [3.8, 4) is 28.5 Å². The third-order valence-electron chi connectivity index (χ3n) is 7.06. The van der Waals surface area contributed by atoms with E-state index in [2.05, 4.69) is 97.3 Å². The minimum absolute atomic E-state index is 0.730. The molecule has 0 saturated carbocycles. The van der Waals surface area contributed by atoms with Gasteiger partial charge in [0.05, 0.1) is 11.2 Å². The first kappa shape index (κ1) is 21.0. The van der Waals surface area contributed by atoms with Gasteiger partial charge in [0.1, 0.15) is 5.82 Å². The van der Waals surface area contributed by atoms with Crippen LogP contribution in [0.5, 0.6) is 0 Å². The standard InChI is InChI=1S/C32H23N3S/c1-20-21(2)35(28-17-26-24-15-9-10-16-29(24)36-30(26)18-25(20)28)31-19-27(22-11-5-3-6-12-22)33-32(34-31)23-13-7-4-8-14-23/h3-19H,1-2H3. The maximum absolute atomic E-state index is 5.11. The average Bonchev–Trinajstić information content (AvgIpc) is 3.42. The van der Waals surface area contributed by atoms with Gasteiger partial charge in [0.25, 0.3) is 0 Å². The predicted molar refractivity (Wildman–Crippen MR) is 152 cm³/mol. The summed E-state index contributed by atoms with van der Waals surface area (Å²) in [5.41, 5.74) is 6.66. The molecule has 0 saturated heterocycles. The van der Waals surface area contributed by atoms with Gasteiger partial charge in [-0.25, -0.2) is 9.97 Å². The van der Waals surface area contributed by atoms with Crippen LogP contribution >= 0.6 is 11.3 Å². The zero-order valence-corrected chi connectivity index (χ0v) is 20.9. The van der Waals surface area contributed by atoms with Crippen molar-refractivity contribution in [2.45, 2.75) is 13.8 Å². The second-order valence-electron chi connectivity index (χ2n) is 9.18. The normalized spacial score (nSPS) is 11.6. The van der Waals surface area contributed by atoms with Crippen LogP contribution in [-0.2, 0) is 0 Å². The lowest BCUT2D eigenvalue weighted by molar-refractivity contribution is 0.971. The van der Waals surface area contributed by atoms with Gasteiger partial charge in [0.2, 0.25) is 0 Å². The fourth-order valence-corrected chi connectivity index (χ4v) is 6.23. The van der Waals surface area contributed by atoms with E-state index in [9.17, 15) is 0 Å². The molecule has 36 heavy (non-hydrogen) atoms. The van der Waals surface area contributed by atoms with Gasteiger partial charge < -0.3 is 0 Å². The van der Waals surface area contributed by atoms with E-state index < -0.39 is 0 Å². The molecular formula is C32H23N3S. The fourth-order valence-electron chi connectivity index (χ4n) is 5.11. The summed E-state index contributed by atoms with van der Waals surface area (Å²) in [6.45, 7) is 4.40. The van der Waals surface area contributed by atoms with Crippen molar-refractivity contribution < 1.29 is 0 Å². The minimum Gasteiger partial charge on any atom is -0.298 e. The van der Waals surface area contributed by atoms with Gasteiger partial charge in [0.15, 0.2) is 5.82 Å². The van der Waals surface area contributed by atoms with E-state index in [1.54, 1.807) is 0 Å². The number of fused-ring (bicyclic) bond motifs is 4. The van der Waals surface area contributed by atoms with E-state index in [0.717, 1.165) is 28.5 Å². The molecular weight excluding hydrogens is 458 g/mol. The van der Waals surface area contributed by atoms with E-state index in [1.165, 1.54) is 42.3 Å². The van der Waals surface area contributed by atoms with Gasteiger partial charge in [-0.15, -0.1) is 11.3 Å². The number of aryl methyl sites for hydroxylation is 1. The molecule has 0 amide bonds. The van der Waals surface area contributed by atoms with Crippen LogP contribution in [0.3, 0.4) is 0 Å². The van der Waals surface area contributed by atoms with Crippen molar-refractivity contribution in [3.63, 3.8) is 0 Å². The van der Waals surface area contributed by atoms with Crippen molar-refractivity contribution >= 4 is 42.4 Å². The fraction of sp³-hybridized carbons (Fsp3) is 0.0625. The monoisotopic (exact) mass is 481 g/mol. The van der Waals surface area contributed by atoms with Crippen molar-refractivity contribution in [2.24, 2.45) is 0 Å². The molecule has 0 spiro atoms. The van der Waals surface area contributed by atoms with Crippen molar-refractivity contribution in [2.75, 3.05) is 0 Å². The van der Waals surface area contributed by atoms with Crippen LogP contribution in [0.2, 0.25) is 0 Å². The maximum Gasteiger partial charge on any atom is 0.162 e. The van der Waals surface area contributed by atoms with Crippen LogP contribution in [0.4, 0.5) is 0 Å². The second-order valence-corrected chi connectivity index (χ2v) is 10.3. The van der Waals surface area contributed by atoms with Crippen LogP contribution in [0, 0.1) is 13.8 Å². The molecule has 0 aliphatic heterocycles. The second kappa shape index (κ2) is 8.14. The molecule has 0 radical (unpaired) electrons.